The van der Waals surface area contributed by atoms with Gasteiger partial charge in [0.05, 0.1) is 25.5 Å². The average molecular weight is 352 g/mol. The van der Waals surface area contributed by atoms with E-state index in [0.717, 1.165) is 28.1 Å². The van der Waals surface area contributed by atoms with Gasteiger partial charge in [0.1, 0.15) is 17.3 Å². The van der Waals surface area contributed by atoms with Crippen molar-refractivity contribution in [3.05, 3.63) is 54.1 Å². The normalized spacial score (nSPS) is 13.3. The molecule has 0 radical (unpaired) electrons. The van der Waals surface area contributed by atoms with Crippen molar-refractivity contribution in [2.24, 2.45) is 0 Å². The third-order valence-corrected chi connectivity index (χ3v) is 4.21. The molecule has 132 valence electrons. The number of nitrogens with one attached hydrogen (secondary N) is 1. The van der Waals surface area contributed by atoms with E-state index in [9.17, 15) is 9.18 Å². The summed E-state index contributed by atoms with van der Waals surface area (Å²) in [4.78, 5) is 15.5. The van der Waals surface area contributed by atoms with E-state index in [1.54, 1.807) is 24.4 Å². The Kier molecular flexibility index (Phi) is 4.22. The second-order valence-electron chi connectivity index (χ2n) is 6.06. The fraction of sp³-hybridized carbons (Fsp3) is 0.211. The fourth-order valence-corrected chi connectivity index (χ4v) is 3.10. The number of aromatic nitrogens is 3. The van der Waals surface area contributed by atoms with Crippen LogP contribution in [0.3, 0.4) is 0 Å². The molecule has 7 heteroatoms. The van der Waals surface area contributed by atoms with E-state index in [1.165, 1.54) is 19.1 Å². The van der Waals surface area contributed by atoms with Gasteiger partial charge in [-0.25, -0.2) is 9.37 Å². The molecule has 2 aromatic heterocycles. The summed E-state index contributed by atoms with van der Waals surface area (Å²) in [5, 5.41) is 7.42. The van der Waals surface area contributed by atoms with Crippen LogP contribution < -0.4 is 5.32 Å². The summed E-state index contributed by atoms with van der Waals surface area (Å²) in [5.41, 5.74) is 4.31. The number of carbonyl (C=O) groups is 1. The lowest BCUT2D eigenvalue weighted by molar-refractivity contribution is -0.114. The largest absolute Gasteiger partial charge is 0.373 e. The van der Waals surface area contributed by atoms with Crippen molar-refractivity contribution < 1.29 is 13.9 Å². The highest BCUT2D eigenvalue weighted by atomic mass is 19.1. The number of fused-ring (bicyclic) bond motifs is 1. The molecule has 1 N–H and O–H groups in total. The Bertz CT molecular complexity index is 966. The SMILES string of the molecule is CC(=O)Nc1cc(-c2c(-c3ccc(F)cc3)nn3c2COCC3)ccn1. The lowest BCUT2D eigenvalue weighted by Crippen LogP contribution is -2.17. The van der Waals surface area contributed by atoms with Gasteiger partial charge >= 0.3 is 0 Å². The van der Waals surface area contributed by atoms with Crippen LogP contribution in [0.5, 0.6) is 0 Å². The molecule has 1 aliphatic rings. The van der Waals surface area contributed by atoms with Crippen molar-refractivity contribution in [2.75, 3.05) is 11.9 Å². The van der Waals surface area contributed by atoms with Gasteiger partial charge in [-0.3, -0.25) is 9.48 Å². The van der Waals surface area contributed by atoms with E-state index in [-0.39, 0.29) is 11.7 Å². The molecule has 0 spiro atoms. The second kappa shape index (κ2) is 6.68. The average Bonchev–Trinajstić information content (AvgIpc) is 3.01. The van der Waals surface area contributed by atoms with Crippen molar-refractivity contribution in [2.45, 2.75) is 20.1 Å². The number of amides is 1. The minimum atomic E-state index is -0.292. The van der Waals surface area contributed by atoms with E-state index in [0.29, 0.717) is 25.6 Å². The number of rotatable bonds is 3. The van der Waals surface area contributed by atoms with Crippen LogP contribution >= 0.6 is 0 Å². The molecule has 3 aromatic rings. The van der Waals surface area contributed by atoms with Crippen molar-refractivity contribution in [3.63, 3.8) is 0 Å². The molecular weight excluding hydrogens is 335 g/mol. The molecule has 0 unspecified atom stereocenters. The van der Waals surface area contributed by atoms with Crippen molar-refractivity contribution in [1.82, 2.24) is 14.8 Å². The van der Waals surface area contributed by atoms with Crippen LogP contribution in [0.1, 0.15) is 12.6 Å². The van der Waals surface area contributed by atoms with Gasteiger partial charge in [-0.1, -0.05) is 0 Å². The Hall–Kier alpha value is -3.06. The standard InChI is InChI=1S/C19H17FN4O2/c1-12(25)22-17-10-14(6-7-21-17)18-16-11-26-9-8-24(16)23-19(18)13-2-4-15(20)5-3-13/h2-7,10H,8-9,11H2,1H3,(H,21,22,25). The number of ether oxygens (including phenoxy) is 1. The molecule has 3 heterocycles. The Morgan fingerprint density at radius 3 is 2.81 bits per heavy atom. The van der Waals surface area contributed by atoms with Crippen LogP contribution in [0.25, 0.3) is 22.4 Å². The Morgan fingerprint density at radius 2 is 2.04 bits per heavy atom. The quantitative estimate of drug-likeness (QED) is 0.786. The molecule has 0 saturated heterocycles. The first-order valence-electron chi connectivity index (χ1n) is 8.29. The minimum Gasteiger partial charge on any atom is -0.373 e. The molecule has 0 atom stereocenters. The predicted octanol–water partition coefficient (Wildman–Crippen LogP) is 3.24. The summed E-state index contributed by atoms with van der Waals surface area (Å²) in [5.74, 6) is -0.00929. The number of anilines is 1. The lowest BCUT2D eigenvalue weighted by Gasteiger charge is -2.15. The molecule has 6 nitrogen and oxygen atoms in total. The van der Waals surface area contributed by atoms with Crippen molar-refractivity contribution >= 4 is 11.7 Å². The lowest BCUT2D eigenvalue weighted by atomic mass is 9.99. The summed E-state index contributed by atoms with van der Waals surface area (Å²) in [6, 6.07) is 9.94. The Balaban J connectivity index is 1.88. The highest BCUT2D eigenvalue weighted by Gasteiger charge is 2.23. The summed E-state index contributed by atoms with van der Waals surface area (Å²) < 4.78 is 20.9. The van der Waals surface area contributed by atoms with Crippen LogP contribution in [0.4, 0.5) is 10.2 Å². The van der Waals surface area contributed by atoms with Gasteiger partial charge in [0, 0.05) is 24.2 Å². The van der Waals surface area contributed by atoms with Crippen LogP contribution in [0.15, 0.2) is 42.6 Å². The number of halogens is 1. The minimum absolute atomic E-state index is 0.186. The van der Waals surface area contributed by atoms with E-state index < -0.39 is 0 Å². The van der Waals surface area contributed by atoms with Gasteiger partial charge in [-0.2, -0.15) is 5.10 Å². The zero-order valence-electron chi connectivity index (χ0n) is 14.2. The molecule has 4 rings (SSSR count). The van der Waals surface area contributed by atoms with E-state index >= 15 is 0 Å². The maximum Gasteiger partial charge on any atom is 0.222 e. The van der Waals surface area contributed by atoms with Gasteiger partial charge in [-0.05, 0) is 42.0 Å². The molecule has 0 bridgehead atoms. The number of carbonyl (C=O) groups excluding carboxylic acids is 1. The zero-order valence-corrected chi connectivity index (χ0v) is 14.2. The maximum absolute atomic E-state index is 13.3. The van der Waals surface area contributed by atoms with Crippen LogP contribution in [-0.2, 0) is 22.7 Å². The first-order chi connectivity index (χ1) is 12.6. The highest BCUT2D eigenvalue weighted by molar-refractivity contribution is 5.89. The topological polar surface area (TPSA) is 69.0 Å². The number of nitrogens with zero attached hydrogens (tertiary/aromatic N) is 3. The van der Waals surface area contributed by atoms with Crippen molar-refractivity contribution in [3.8, 4) is 22.4 Å². The first-order valence-corrected chi connectivity index (χ1v) is 8.29. The molecule has 0 fully saturated rings. The van der Waals surface area contributed by atoms with E-state index in [2.05, 4.69) is 10.3 Å². The van der Waals surface area contributed by atoms with Crippen LogP contribution in [0.2, 0.25) is 0 Å². The van der Waals surface area contributed by atoms with Crippen LogP contribution in [0, 0.1) is 5.82 Å². The first kappa shape index (κ1) is 16.4. The number of benzene rings is 1. The molecule has 1 amide bonds. The smallest absolute Gasteiger partial charge is 0.222 e. The summed E-state index contributed by atoms with van der Waals surface area (Å²) in [6.45, 7) is 3.15. The third-order valence-electron chi connectivity index (χ3n) is 4.21. The number of pyridine rings is 1. The molecule has 1 aromatic carbocycles. The fourth-order valence-electron chi connectivity index (χ4n) is 3.10. The van der Waals surface area contributed by atoms with Gasteiger partial charge in [0.25, 0.3) is 0 Å². The van der Waals surface area contributed by atoms with Gasteiger partial charge in [-0.15, -0.1) is 0 Å². The predicted molar refractivity (Wildman–Crippen MR) is 94.8 cm³/mol. The summed E-state index contributed by atoms with van der Waals surface area (Å²) in [7, 11) is 0. The number of hydrogen-bond acceptors (Lipinski definition) is 4. The summed E-state index contributed by atoms with van der Waals surface area (Å²) in [6.07, 6.45) is 1.64. The molecule has 0 saturated carbocycles. The van der Waals surface area contributed by atoms with E-state index in [1.807, 2.05) is 10.7 Å². The zero-order chi connectivity index (χ0) is 18.1. The van der Waals surface area contributed by atoms with Crippen LogP contribution in [-0.4, -0.2) is 27.3 Å². The Labute approximate surface area is 149 Å². The molecular formula is C19H17FN4O2. The third kappa shape index (κ3) is 3.09. The Morgan fingerprint density at radius 1 is 1.23 bits per heavy atom. The van der Waals surface area contributed by atoms with Gasteiger partial charge < -0.3 is 10.1 Å². The van der Waals surface area contributed by atoms with Gasteiger partial charge in [0.15, 0.2) is 0 Å². The summed E-state index contributed by atoms with van der Waals surface area (Å²) >= 11 is 0. The molecule has 26 heavy (non-hydrogen) atoms. The number of hydrogen-bond donors (Lipinski definition) is 1. The molecule has 0 aliphatic carbocycles. The maximum atomic E-state index is 13.3. The highest BCUT2D eigenvalue weighted by Crippen LogP contribution is 2.36. The van der Waals surface area contributed by atoms with Crippen molar-refractivity contribution in [1.29, 1.82) is 0 Å². The molecule has 1 aliphatic heterocycles. The van der Waals surface area contributed by atoms with E-state index in [4.69, 9.17) is 9.84 Å². The monoisotopic (exact) mass is 352 g/mol. The second-order valence-corrected chi connectivity index (χ2v) is 6.06. The van der Waals surface area contributed by atoms with Gasteiger partial charge in [0.2, 0.25) is 5.91 Å².